The molecular formula is C20H28N4O. The van der Waals surface area contributed by atoms with Crippen LogP contribution in [0.4, 0.5) is 0 Å². The van der Waals surface area contributed by atoms with Crippen molar-refractivity contribution in [2.45, 2.75) is 52.7 Å². The van der Waals surface area contributed by atoms with Crippen molar-refractivity contribution in [3.05, 3.63) is 53.1 Å². The molecule has 0 spiro atoms. The topological polar surface area (TPSA) is 50.2 Å². The number of carbonyl (C=O) groups is 1. The maximum Gasteiger partial charge on any atom is 0.251 e. The molecule has 25 heavy (non-hydrogen) atoms. The molecule has 0 unspecified atom stereocenters. The van der Waals surface area contributed by atoms with Crippen molar-refractivity contribution in [1.82, 2.24) is 19.8 Å². The first kappa shape index (κ1) is 17.7. The summed E-state index contributed by atoms with van der Waals surface area (Å²) in [4.78, 5) is 19.4. The summed E-state index contributed by atoms with van der Waals surface area (Å²) in [5.41, 5.74) is 3.03. The minimum atomic E-state index is 0.0136. The predicted molar refractivity (Wildman–Crippen MR) is 99.6 cm³/mol. The summed E-state index contributed by atoms with van der Waals surface area (Å²) >= 11 is 0. The van der Waals surface area contributed by atoms with E-state index in [-0.39, 0.29) is 11.9 Å². The van der Waals surface area contributed by atoms with Crippen molar-refractivity contribution in [3.63, 3.8) is 0 Å². The van der Waals surface area contributed by atoms with Crippen LogP contribution in [0.25, 0.3) is 0 Å². The lowest BCUT2D eigenvalue weighted by atomic mass is 10.1. The molecule has 1 N–H and O–H groups in total. The standard InChI is InChI=1S/C20H28N4O/c1-4-23(5-2)13-16-6-8-17(9-7-16)20(25)22-18-10-11-19-21-15(3)12-24(19)14-18/h6-9,12,18H,4-5,10-11,13-14H2,1-3H3,(H,22,25)/t18-/m1/s1. The molecule has 5 heteroatoms. The SMILES string of the molecule is CCN(CC)Cc1ccc(C(=O)N[C@@H]2CCc3nc(C)cn3C2)cc1. The van der Waals surface area contributed by atoms with E-state index in [1.807, 2.05) is 19.1 Å². The molecule has 1 aromatic carbocycles. The van der Waals surface area contributed by atoms with Crippen LogP contribution in [0.1, 0.15) is 47.7 Å². The number of nitrogens with zero attached hydrogens (tertiary/aromatic N) is 3. The van der Waals surface area contributed by atoms with Gasteiger partial charge in [-0.3, -0.25) is 9.69 Å². The van der Waals surface area contributed by atoms with E-state index in [0.717, 1.165) is 56.1 Å². The van der Waals surface area contributed by atoms with Crippen LogP contribution in [0, 0.1) is 6.92 Å². The Labute approximate surface area is 150 Å². The normalized spacial score (nSPS) is 16.7. The molecule has 2 aromatic rings. The number of rotatable bonds is 6. The van der Waals surface area contributed by atoms with E-state index in [9.17, 15) is 4.79 Å². The predicted octanol–water partition coefficient (Wildman–Crippen LogP) is 2.78. The number of nitrogens with one attached hydrogen (secondary N) is 1. The van der Waals surface area contributed by atoms with Crippen LogP contribution in [-0.4, -0.2) is 39.5 Å². The van der Waals surface area contributed by atoms with Gasteiger partial charge in [0.05, 0.1) is 5.69 Å². The van der Waals surface area contributed by atoms with Crippen LogP contribution >= 0.6 is 0 Å². The molecule has 5 nitrogen and oxygen atoms in total. The van der Waals surface area contributed by atoms with Crippen molar-refractivity contribution < 1.29 is 4.79 Å². The molecule has 1 aliphatic heterocycles. The second-order valence-electron chi connectivity index (χ2n) is 6.82. The van der Waals surface area contributed by atoms with Crippen molar-refractivity contribution in [3.8, 4) is 0 Å². The van der Waals surface area contributed by atoms with E-state index in [1.54, 1.807) is 0 Å². The van der Waals surface area contributed by atoms with Gasteiger partial charge >= 0.3 is 0 Å². The van der Waals surface area contributed by atoms with E-state index in [0.29, 0.717) is 0 Å². The summed E-state index contributed by atoms with van der Waals surface area (Å²) in [6.07, 6.45) is 3.93. The van der Waals surface area contributed by atoms with Gasteiger partial charge in [-0.25, -0.2) is 4.98 Å². The lowest BCUT2D eigenvalue weighted by Crippen LogP contribution is -2.40. The van der Waals surface area contributed by atoms with Gasteiger partial charge in [-0.05, 0) is 44.1 Å². The third-order valence-corrected chi connectivity index (χ3v) is 4.97. The van der Waals surface area contributed by atoms with Gasteiger partial charge in [0.25, 0.3) is 5.91 Å². The first-order valence-electron chi connectivity index (χ1n) is 9.23. The molecule has 0 aliphatic carbocycles. The first-order chi connectivity index (χ1) is 12.1. The number of carbonyl (C=O) groups excluding carboxylic acids is 1. The summed E-state index contributed by atoms with van der Waals surface area (Å²) in [5.74, 6) is 1.14. The highest BCUT2D eigenvalue weighted by Gasteiger charge is 2.21. The Kier molecular flexibility index (Phi) is 5.53. The maximum absolute atomic E-state index is 12.5. The van der Waals surface area contributed by atoms with Crippen molar-refractivity contribution >= 4 is 5.91 Å². The zero-order valence-electron chi connectivity index (χ0n) is 15.5. The van der Waals surface area contributed by atoms with Crippen LogP contribution in [0.3, 0.4) is 0 Å². The molecule has 2 heterocycles. The Bertz CT molecular complexity index is 716. The van der Waals surface area contributed by atoms with Crippen molar-refractivity contribution in [1.29, 1.82) is 0 Å². The molecule has 0 radical (unpaired) electrons. The highest BCUT2D eigenvalue weighted by atomic mass is 16.1. The third-order valence-electron chi connectivity index (χ3n) is 4.97. The lowest BCUT2D eigenvalue weighted by molar-refractivity contribution is 0.0927. The Morgan fingerprint density at radius 3 is 2.68 bits per heavy atom. The minimum absolute atomic E-state index is 0.0136. The number of imidazole rings is 1. The minimum Gasteiger partial charge on any atom is -0.347 e. The fourth-order valence-electron chi connectivity index (χ4n) is 3.44. The molecule has 1 amide bonds. The molecule has 0 saturated carbocycles. The van der Waals surface area contributed by atoms with Crippen LogP contribution in [0.15, 0.2) is 30.5 Å². The molecule has 0 fully saturated rings. The quantitative estimate of drug-likeness (QED) is 0.880. The van der Waals surface area contributed by atoms with Gasteiger partial charge in [-0.2, -0.15) is 0 Å². The molecule has 1 atom stereocenters. The van der Waals surface area contributed by atoms with Crippen molar-refractivity contribution in [2.75, 3.05) is 13.1 Å². The summed E-state index contributed by atoms with van der Waals surface area (Å²) in [7, 11) is 0. The van der Waals surface area contributed by atoms with E-state index in [2.05, 4.69) is 51.9 Å². The average molecular weight is 340 g/mol. The van der Waals surface area contributed by atoms with Gasteiger partial charge in [-0.1, -0.05) is 26.0 Å². The molecular weight excluding hydrogens is 312 g/mol. The monoisotopic (exact) mass is 340 g/mol. The fraction of sp³-hybridized carbons (Fsp3) is 0.500. The number of aromatic nitrogens is 2. The van der Waals surface area contributed by atoms with Gasteiger partial charge in [0.1, 0.15) is 5.82 Å². The van der Waals surface area contributed by atoms with Crippen molar-refractivity contribution in [2.24, 2.45) is 0 Å². The number of aryl methyl sites for hydroxylation is 2. The Balaban J connectivity index is 1.58. The van der Waals surface area contributed by atoms with E-state index >= 15 is 0 Å². The zero-order valence-corrected chi connectivity index (χ0v) is 15.5. The lowest BCUT2D eigenvalue weighted by Gasteiger charge is -2.24. The largest absolute Gasteiger partial charge is 0.347 e. The summed E-state index contributed by atoms with van der Waals surface area (Å²) in [6.45, 7) is 10.2. The van der Waals surface area contributed by atoms with E-state index in [1.165, 1.54) is 5.56 Å². The number of benzene rings is 1. The first-order valence-corrected chi connectivity index (χ1v) is 9.23. The maximum atomic E-state index is 12.5. The smallest absolute Gasteiger partial charge is 0.251 e. The third kappa shape index (κ3) is 4.28. The van der Waals surface area contributed by atoms with Crippen LogP contribution in [-0.2, 0) is 19.5 Å². The highest BCUT2D eigenvalue weighted by Crippen LogP contribution is 2.16. The van der Waals surface area contributed by atoms with Crippen LogP contribution in [0.5, 0.6) is 0 Å². The summed E-state index contributed by atoms with van der Waals surface area (Å²) < 4.78 is 2.16. The number of hydrogen-bond donors (Lipinski definition) is 1. The molecule has 1 aliphatic rings. The fourth-order valence-corrected chi connectivity index (χ4v) is 3.44. The molecule has 3 rings (SSSR count). The van der Waals surface area contributed by atoms with Gasteiger partial charge in [-0.15, -0.1) is 0 Å². The number of hydrogen-bond acceptors (Lipinski definition) is 3. The van der Waals surface area contributed by atoms with Crippen LogP contribution in [0.2, 0.25) is 0 Å². The summed E-state index contributed by atoms with van der Waals surface area (Å²) in [6, 6.07) is 8.16. The number of fused-ring (bicyclic) bond motifs is 1. The number of amides is 1. The molecule has 134 valence electrons. The van der Waals surface area contributed by atoms with E-state index in [4.69, 9.17) is 0 Å². The van der Waals surface area contributed by atoms with Gasteiger partial charge in [0.15, 0.2) is 0 Å². The van der Waals surface area contributed by atoms with Gasteiger partial charge in [0, 0.05) is 37.3 Å². The molecule has 0 bridgehead atoms. The van der Waals surface area contributed by atoms with Crippen LogP contribution < -0.4 is 5.32 Å². The zero-order chi connectivity index (χ0) is 17.8. The second-order valence-corrected chi connectivity index (χ2v) is 6.82. The summed E-state index contributed by atoms with van der Waals surface area (Å²) in [5, 5.41) is 3.17. The van der Waals surface area contributed by atoms with E-state index < -0.39 is 0 Å². The second kappa shape index (κ2) is 7.83. The van der Waals surface area contributed by atoms with Gasteiger partial charge < -0.3 is 9.88 Å². The molecule has 1 aromatic heterocycles. The highest BCUT2D eigenvalue weighted by molar-refractivity contribution is 5.94. The average Bonchev–Trinajstić information content (AvgIpc) is 2.99. The Hall–Kier alpha value is -2.14. The van der Waals surface area contributed by atoms with Gasteiger partial charge in [0.2, 0.25) is 0 Å². The molecule has 0 saturated heterocycles. The Morgan fingerprint density at radius 1 is 1.28 bits per heavy atom. The Morgan fingerprint density at radius 2 is 2.00 bits per heavy atom.